The quantitative estimate of drug-likeness (QED) is 0.111. The molecule has 1 saturated carbocycles. The molecule has 2 aliphatic rings. The summed E-state index contributed by atoms with van der Waals surface area (Å²) in [5.74, 6) is -2.87. The monoisotopic (exact) mass is 923 g/mol. The standard InChI is InChI=1S/C47H86N8O10/c1-13-15-23-36-43(60)54(12)37(27-31(3)4)41(58)53-38(33-21-18-17-19-22-33)42(59)51-34(28-49-45(62)65-47(9,10)11)39(56)52-35(40(57)50-32(5)29-55(36)25-16-14-2)30-63-26-20-24-48-44(61)64-46(6,7)8/h31-38H,13-30H2,1-12H3,(H,48,61)(H,49,62)(H,50,57)(H,51,59)(H,52,56)(H,53,58)/t32-,34+,35+,36+,37+,38?/m1/s1. The average molecular weight is 923 g/mol. The average Bonchev–Trinajstić information content (AvgIpc) is 3.21. The maximum Gasteiger partial charge on any atom is 0.407 e. The van der Waals surface area contributed by atoms with Gasteiger partial charge in [-0.2, -0.15) is 0 Å². The predicted molar refractivity (Wildman–Crippen MR) is 250 cm³/mol. The van der Waals surface area contributed by atoms with Crippen molar-refractivity contribution >= 4 is 41.7 Å². The molecule has 2 fully saturated rings. The van der Waals surface area contributed by atoms with Gasteiger partial charge in [-0.05, 0) is 105 Å². The van der Waals surface area contributed by atoms with E-state index in [0.29, 0.717) is 45.2 Å². The highest BCUT2D eigenvalue weighted by atomic mass is 16.6. The normalized spacial score (nSPS) is 24.3. The van der Waals surface area contributed by atoms with Gasteiger partial charge in [0.2, 0.25) is 29.5 Å². The molecule has 374 valence electrons. The Kier molecular flexibility index (Phi) is 24.6. The fraction of sp³-hybridized carbons (Fsp3) is 0.851. The number of likely N-dealkylation sites (N-methyl/N-ethyl adjacent to an activating group) is 1. The largest absolute Gasteiger partial charge is 0.444 e. The Balaban J connectivity index is 2.66. The van der Waals surface area contributed by atoms with Gasteiger partial charge in [0.1, 0.15) is 35.4 Å². The van der Waals surface area contributed by atoms with Crippen molar-refractivity contribution in [3.8, 4) is 0 Å². The van der Waals surface area contributed by atoms with Gasteiger partial charge in [0.05, 0.1) is 19.2 Å². The summed E-state index contributed by atoms with van der Waals surface area (Å²) in [5, 5.41) is 16.9. The SMILES string of the molecule is CCCC[C@H]1C(=O)N(C)[C@@H](CC(C)C)C(=O)NC(C2CCCCC2)C(=O)N[C@@H](CNC(=O)OC(C)(C)C)C(=O)N[C@@H](COCCCNC(=O)OC(C)(C)C)C(=O)N[C@H](C)CN1CCCC. The number of rotatable bonds is 17. The first-order valence-corrected chi connectivity index (χ1v) is 24.2. The number of carbonyl (C=O) groups excluding carboxylic acids is 7. The third-order valence-electron chi connectivity index (χ3n) is 11.3. The summed E-state index contributed by atoms with van der Waals surface area (Å²) in [7, 11) is 1.66. The highest BCUT2D eigenvalue weighted by Crippen LogP contribution is 2.28. The second kappa shape index (κ2) is 28.1. The lowest BCUT2D eigenvalue weighted by Gasteiger charge is -2.39. The van der Waals surface area contributed by atoms with Crippen molar-refractivity contribution in [3.63, 3.8) is 0 Å². The van der Waals surface area contributed by atoms with E-state index < -0.39 is 89.8 Å². The van der Waals surface area contributed by atoms with Gasteiger partial charge in [0, 0.05) is 32.8 Å². The van der Waals surface area contributed by atoms with Crippen LogP contribution in [-0.2, 0) is 38.2 Å². The molecule has 0 radical (unpaired) electrons. The fourth-order valence-electron chi connectivity index (χ4n) is 8.03. The predicted octanol–water partition coefficient (Wildman–Crippen LogP) is 4.53. The van der Waals surface area contributed by atoms with Crippen LogP contribution in [0.25, 0.3) is 0 Å². The highest BCUT2D eigenvalue weighted by molar-refractivity contribution is 5.96. The summed E-state index contributed by atoms with van der Waals surface area (Å²) in [6.07, 6.45) is 7.14. The Morgan fingerprint density at radius 1 is 0.738 bits per heavy atom. The van der Waals surface area contributed by atoms with E-state index in [0.717, 1.165) is 44.9 Å². The molecular weight excluding hydrogens is 837 g/mol. The molecule has 1 aliphatic carbocycles. The van der Waals surface area contributed by atoms with Crippen molar-refractivity contribution < 1.29 is 47.8 Å². The smallest absolute Gasteiger partial charge is 0.407 e. The lowest BCUT2D eigenvalue weighted by Crippen LogP contribution is -2.63. The molecule has 0 aromatic carbocycles. The zero-order valence-electron chi connectivity index (χ0n) is 41.8. The molecular formula is C47H86N8O10. The van der Waals surface area contributed by atoms with Gasteiger partial charge < -0.3 is 51.0 Å². The molecule has 18 heteroatoms. The number of ether oxygens (including phenoxy) is 3. The summed E-state index contributed by atoms with van der Waals surface area (Å²) in [6.45, 7) is 20.9. The van der Waals surface area contributed by atoms with Crippen LogP contribution >= 0.6 is 0 Å². The van der Waals surface area contributed by atoms with Gasteiger partial charge in [0.15, 0.2) is 0 Å². The van der Waals surface area contributed by atoms with Gasteiger partial charge in [0.25, 0.3) is 0 Å². The van der Waals surface area contributed by atoms with Crippen LogP contribution in [0.5, 0.6) is 0 Å². The number of alkyl carbamates (subject to hydrolysis) is 2. The van der Waals surface area contributed by atoms with E-state index in [1.807, 2.05) is 20.8 Å². The molecule has 0 aromatic rings. The third kappa shape index (κ3) is 21.8. The summed E-state index contributed by atoms with van der Waals surface area (Å²) >= 11 is 0. The fourth-order valence-corrected chi connectivity index (χ4v) is 8.03. The van der Waals surface area contributed by atoms with Crippen LogP contribution in [0.2, 0.25) is 0 Å². The number of hydrogen-bond donors (Lipinski definition) is 6. The Morgan fingerprint density at radius 2 is 1.32 bits per heavy atom. The summed E-state index contributed by atoms with van der Waals surface area (Å²) in [6, 6.07) is -5.73. The van der Waals surface area contributed by atoms with Crippen LogP contribution in [0.4, 0.5) is 9.59 Å². The van der Waals surface area contributed by atoms with Gasteiger partial charge in [-0.3, -0.25) is 28.9 Å². The van der Waals surface area contributed by atoms with Crippen molar-refractivity contribution in [2.45, 2.75) is 201 Å². The summed E-state index contributed by atoms with van der Waals surface area (Å²) in [4.78, 5) is 101. The van der Waals surface area contributed by atoms with Crippen molar-refractivity contribution in [2.24, 2.45) is 11.8 Å². The minimum atomic E-state index is -1.41. The molecule has 0 bridgehead atoms. The van der Waals surface area contributed by atoms with Gasteiger partial charge in [-0.25, -0.2) is 9.59 Å². The molecule has 7 amide bonds. The number of nitrogens with zero attached hydrogens (tertiary/aromatic N) is 2. The topological polar surface area (TPSA) is 226 Å². The third-order valence-corrected chi connectivity index (χ3v) is 11.3. The minimum absolute atomic E-state index is 0.0270. The molecule has 2 rings (SSSR count). The lowest BCUT2D eigenvalue weighted by atomic mass is 9.83. The Morgan fingerprint density at radius 3 is 1.91 bits per heavy atom. The van der Waals surface area contributed by atoms with Crippen LogP contribution in [0.15, 0.2) is 0 Å². The van der Waals surface area contributed by atoms with Gasteiger partial charge in [-0.1, -0.05) is 66.2 Å². The number of amides is 7. The number of unbranched alkanes of at least 4 members (excludes halogenated alkanes) is 2. The second-order valence-corrected chi connectivity index (χ2v) is 20.3. The molecule has 6 N–H and O–H groups in total. The number of hydrogen-bond acceptors (Lipinski definition) is 11. The molecule has 1 aliphatic heterocycles. The van der Waals surface area contributed by atoms with E-state index >= 15 is 0 Å². The summed E-state index contributed by atoms with van der Waals surface area (Å²) in [5.41, 5.74) is -1.52. The first-order chi connectivity index (χ1) is 30.5. The first kappa shape index (κ1) is 56.9. The minimum Gasteiger partial charge on any atom is -0.444 e. The van der Waals surface area contributed by atoms with E-state index in [1.54, 1.807) is 48.6 Å². The summed E-state index contributed by atoms with van der Waals surface area (Å²) < 4.78 is 16.6. The molecule has 0 aromatic heterocycles. The first-order valence-electron chi connectivity index (χ1n) is 24.2. The van der Waals surface area contributed by atoms with Crippen LogP contribution in [0.3, 0.4) is 0 Å². The van der Waals surface area contributed by atoms with E-state index in [9.17, 15) is 33.6 Å². The molecule has 1 heterocycles. The molecule has 6 atom stereocenters. The van der Waals surface area contributed by atoms with E-state index in [4.69, 9.17) is 14.2 Å². The molecule has 1 unspecified atom stereocenters. The highest BCUT2D eigenvalue weighted by Gasteiger charge is 2.40. The lowest BCUT2D eigenvalue weighted by molar-refractivity contribution is -0.145. The molecule has 0 spiro atoms. The van der Waals surface area contributed by atoms with Crippen molar-refractivity contribution in [1.29, 1.82) is 0 Å². The van der Waals surface area contributed by atoms with Crippen molar-refractivity contribution in [3.05, 3.63) is 0 Å². The van der Waals surface area contributed by atoms with Gasteiger partial charge in [-0.15, -0.1) is 0 Å². The van der Waals surface area contributed by atoms with Crippen LogP contribution < -0.4 is 31.9 Å². The van der Waals surface area contributed by atoms with Gasteiger partial charge >= 0.3 is 12.2 Å². The second-order valence-electron chi connectivity index (χ2n) is 20.3. The zero-order chi connectivity index (χ0) is 48.9. The molecule has 65 heavy (non-hydrogen) atoms. The van der Waals surface area contributed by atoms with Crippen molar-refractivity contribution in [2.75, 3.05) is 46.4 Å². The number of nitrogens with one attached hydrogen (secondary N) is 6. The van der Waals surface area contributed by atoms with Crippen molar-refractivity contribution in [1.82, 2.24) is 41.7 Å². The van der Waals surface area contributed by atoms with E-state index in [2.05, 4.69) is 50.6 Å². The van der Waals surface area contributed by atoms with Crippen LogP contribution in [0.1, 0.15) is 153 Å². The number of carbonyl (C=O) groups is 7. The Bertz CT molecular complexity index is 1530. The van der Waals surface area contributed by atoms with E-state index in [1.165, 1.54) is 4.90 Å². The zero-order valence-corrected chi connectivity index (χ0v) is 41.8. The maximum absolute atomic E-state index is 14.8. The molecule has 1 saturated heterocycles. The van der Waals surface area contributed by atoms with Crippen LogP contribution in [0, 0.1) is 11.8 Å². The Hall–Kier alpha value is -4.19. The maximum atomic E-state index is 14.8. The Labute approximate surface area is 389 Å². The molecule has 18 nitrogen and oxygen atoms in total. The van der Waals surface area contributed by atoms with E-state index in [-0.39, 0.29) is 37.5 Å². The van der Waals surface area contributed by atoms with Crippen LogP contribution in [-0.4, -0.2) is 145 Å².